The zero-order valence-corrected chi connectivity index (χ0v) is 12.4. The maximum Gasteiger partial charge on any atom is 0.393 e. The van der Waals surface area contributed by atoms with Crippen LogP contribution < -0.4 is 5.32 Å². The summed E-state index contributed by atoms with van der Waals surface area (Å²) in [5, 5.41) is 13.2. The Kier molecular flexibility index (Phi) is 4.76. The molecule has 0 aromatic heterocycles. The summed E-state index contributed by atoms with van der Waals surface area (Å²) in [6, 6.07) is 3.39. The van der Waals surface area contributed by atoms with E-state index in [0.29, 0.717) is 11.3 Å². The van der Waals surface area contributed by atoms with Crippen LogP contribution in [-0.4, -0.2) is 35.1 Å². The molecule has 1 saturated heterocycles. The monoisotopic (exact) mass is 331 g/mol. The molecule has 0 spiro atoms. The largest absolute Gasteiger partial charge is 0.393 e. The standard InChI is InChI=1S/C14H16F3N3O3/c1-9-7-11(4-5-12(9)20(22)23)18-13(21)19-6-2-3-10(8-19)14(15,16)17/h4-5,7,10H,2-3,6,8H2,1H3,(H,18,21)/t10-/m0/s1. The van der Waals surface area contributed by atoms with Gasteiger partial charge in [0.25, 0.3) is 5.69 Å². The predicted molar refractivity (Wildman–Crippen MR) is 77.2 cm³/mol. The molecule has 1 heterocycles. The number of halogens is 3. The number of carbonyl (C=O) groups is 1. The van der Waals surface area contributed by atoms with E-state index in [2.05, 4.69) is 5.32 Å². The van der Waals surface area contributed by atoms with Crippen molar-refractivity contribution in [2.75, 3.05) is 18.4 Å². The first-order valence-electron chi connectivity index (χ1n) is 7.06. The van der Waals surface area contributed by atoms with Crippen molar-refractivity contribution in [3.8, 4) is 0 Å². The fourth-order valence-electron chi connectivity index (χ4n) is 2.57. The van der Waals surface area contributed by atoms with Gasteiger partial charge in [0.2, 0.25) is 0 Å². The van der Waals surface area contributed by atoms with E-state index < -0.39 is 23.0 Å². The Morgan fingerprint density at radius 1 is 1.43 bits per heavy atom. The van der Waals surface area contributed by atoms with Crippen molar-refractivity contribution in [3.05, 3.63) is 33.9 Å². The number of piperidine rings is 1. The van der Waals surface area contributed by atoms with Crippen LogP contribution in [0.15, 0.2) is 18.2 Å². The van der Waals surface area contributed by atoms with E-state index in [1.54, 1.807) is 0 Å². The second-order valence-electron chi connectivity index (χ2n) is 5.52. The molecule has 0 aliphatic carbocycles. The molecule has 126 valence electrons. The normalized spacial score (nSPS) is 18.6. The van der Waals surface area contributed by atoms with Crippen LogP contribution in [0.1, 0.15) is 18.4 Å². The summed E-state index contributed by atoms with van der Waals surface area (Å²) < 4.78 is 38.3. The third-order valence-electron chi connectivity index (χ3n) is 3.82. The average Bonchev–Trinajstić information content (AvgIpc) is 2.46. The SMILES string of the molecule is Cc1cc(NC(=O)N2CCC[C@H](C(F)(F)F)C2)ccc1[N+](=O)[O-]. The minimum atomic E-state index is -4.32. The lowest BCUT2D eigenvalue weighted by molar-refractivity contribution is -0.385. The minimum Gasteiger partial charge on any atom is -0.324 e. The van der Waals surface area contributed by atoms with Crippen LogP contribution in [0.3, 0.4) is 0 Å². The van der Waals surface area contributed by atoms with Gasteiger partial charge in [-0.2, -0.15) is 13.2 Å². The molecule has 9 heteroatoms. The van der Waals surface area contributed by atoms with E-state index in [0.717, 1.165) is 4.90 Å². The van der Waals surface area contributed by atoms with E-state index in [1.165, 1.54) is 25.1 Å². The second kappa shape index (κ2) is 6.43. The lowest BCUT2D eigenvalue weighted by atomic mass is 9.98. The average molecular weight is 331 g/mol. The number of hydrogen-bond donors (Lipinski definition) is 1. The van der Waals surface area contributed by atoms with Crippen molar-refractivity contribution in [2.24, 2.45) is 5.92 Å². The summed E-state index contributed by atoms with van der Waals surface area (Å²) in [6.45, 7) is 1.40. The Balaban J connectivity index is 2.04. The molecule has 0 radical (unpaired) electrons. The van der Waals surface area contributed by atoms with Gasteiger partial charge in [0.05, 0.1) is 10.8 Å². The number of nitrogens with zero attached hydrogens (tertiary/aromatic N) is 2. The molecule has 1 aliphatic heterocycles. The molecule has 0 saturated carbocycles. The van der Waals surface area contributed by atoms with E-state index in [-0.39, 0.29) is 31.6 Å². The molecule has 6 nitrogen and oxygen atoms in total. The van der Waals surface area contributed by atoms with Gasteiger partial charge in [-0.05, 0) is 31.9 Å². The van der Waals surface area contributed by atoms with Gasteiger partial charge in [0.15, 0.2) is 0 Å². The topological polar surface area (TPSA) is 75.5 Å². The summed E-state index contributed by atoms with van der Waals surface area (Å²) in [5.74, 6) is -1.51. The van der Waals surface area contributed by atoms with Crippen LogP contribution >= 0.6 is 0 Å². The smallest absolute Gasteiger partial charge is 0.324 e. The number of urea groups is 1. The molecule has 1 aliphatic rings. The second-order valence-corrected chi connectivity index (χ2v) is 5.52. The molecule has 1 fully saturated rings. The molecular formula is C14H16F3N3O3. The van der Waals surface area contributed by atoms with E-state index >= 15 is 0 Å². The fraction of sp³-hybridized carbons (Fsp3) is 0.500. The maximum absolute atomic E-state index is 12.8. The van der Waals surface area contributed by atoms with Crippen molar-refractivity contribution in [3.63, 3.8) is 0 Å². The molecule has 1 atom stereocenters. The highest BCUT2D eigenvalue weighted by atomic mass is 19.4. The van der Waals surface area contributed by atoms with Crippen molar-refractivity contribution in [1.82, 2.24) is 4.90 Å². The Hall–Kier alpha value is -2.32. The maximum atomic E-state index is 12.8. The van der Waals surface area contributed by atoms with Gasteiger partial charge >= 0.3 is 12.2 Å². The number of likely N-dealkylation sites (tertiary alicyclic amines) is 1. The Bertz CT molecular complexity index is 619. The van der Waals surface area contributed by atoms with Gasteiger partial charge in [-0.3, -0.25) is 10.1 Å². The van der Waals surface area contributed by atoms with Crippen molar-refractivity contribution >= 4 is 17.4 Å². The summed E-state index contributed by atoms with van der Waals surface area (Å²) in [4.78, 5) is 23.4. The lowest BCUT2D eigenvalue weighted by Gasteiger charge is -2.33. The molecule has 0 unspecified atom stereocenters. The first kappa shape index (κ1) is 17.0. The minimum absolute atomic E-state index is 0.0178. The highest BCUT2D eigenvalue weighted by Crippen LogP contribution is 2.33. The van der Waals surface area contributed by atoms with Gasteiger partial charge < -0.3 is 10.2 Å². The molecule has 2 rings (SSSR count). The number of nitro groups is 1. The molecule has 23 heavy (non-hydrogen) atoms. The van der Waals surface area contributed by atoms with Crippen LogP contribution in [0.4, 0.5) is 29.3 Å². The number of aryl methyl sites for hydroxylation is 1. The number of alkyl halides is 3. The van der Waals surface area contributed by atoms with Gasteiger partial charge in [-0.1, -0.05) is 0 Å². The number of nitrogens with one attached hydrogen (secondary N) is 1. The van der Waals surface area contributed by atoms with Gasteiger partial charge in [-0.15, -0.1) is 0 Å². The molecule has 1 aromatic carbocycles. The summed E-state index contributed by atoms with van der Waals surface area (Å²) in [7, 11) is 0. The van der Waals surface area contributed by atoms with Crippen LogP contribution in [-0.2, 0) is 0 Å². The molecule has 0 bridgehead atoms. The highest BCUT2D eigenvalue weighted by molar-refractivity contribution is 5.89. The van der Waals surface area contributed by atoms with Gasteiger partial charge in [0, 0.05) is 30.4 Å². The first-order chi connectivity index (χ1) is 10.7. The fourth-order valence-corrected chi connectivity index (χ4v) is 2.57. The molecule has 1 aromatic rings. The number of benzene rings is 1. The Morgan fingerprint density at radius 2 is 2.13 bits per heavy atom. The Labute approximate surface area is 130 Å². The van der Waals surface area contributed by atoms with Crippen molar-refractivity contribution < 1.29 is 22.9 Å². The van der Waals surface area contributed by atoms with Gasteiger partial charge in [0.1, 0.15) is 0 Å². The van der Waals surface area contributed by atoms with E-state index in [9.17, 15) is 28.1 Å². The number of amides is 2. The van der Waals surface area contributed by atoms with Crippen LogP contribution in [0, 0.1) is 23.0 Å². The highest BCUT2D eigenvalue weighted by Gasteiger charge is 2.42. The number of anilines is 1. The third kappa shape index (κ3) is 4.11. The molecule has 1 N–H and O–H groups in total. The lowest BCUT2D eigenvalue weighted by Crippen LogP contribution is -2.46. The van der Waals surface area contributed by atoms with Crippen molar-refractivity contribution in [1.29, 1.82) is 0 Å². The number of hydrogen-bond acceptors (Lipinski definition) is 3. The quantitative estimate of drug-likeness (QED) is 0.663. The zero-order valence-electron chi connectivity index (χ0n) is 12.4. The van der Waals surface area contributed by atoms with Crippen LogP contribution in [0.5, 0.6) is 0 Å². The van der Waals surface area contributed by atoms with Crippen molar-refractivity contribution in [2.45, 2.75) is 25.9 Å². The Morgan fingerprint density at radius 3 is 2.70 bits per heavy atom. The molecular weight excluding hydrogens is 315 g/mol. The molecule has 2 amide bonds. The van der Waals surface area contributed by atoms with E-state index in [4.69, 9.17) is 0 Å². The number of nitro benzene ring substituents is 1. The number of rotatable bonds is 2. The van der Waals surface area contributed by atoms with E-state index in [1.807, 2.05) is 0 Å². The summed E-state index contributed by atoms with van der Waals surface area (Å²) in [6.07, 6.45) is -4.01. The number of carbonyl (C=O) groups excluding carboxylic acids is 1. The summed E-state index contributed by atoms with van der Waals surface area (Å²) >= 11 is 0. The van der Waals surface area contributed by atoms with Gasteiger partial charge in [-0.25, -0.2) is 4.79 Å². The first-order valence-corrected chi connectivity index (χ1v) is 7.06. The predicted octanol–water partition coefficient (Wildman–Crippen LogP) is 3.71. The van der Waals surface area contributed by atoms with Crippen LogP contribution in [0.25, 0.3) is 0 Å². The van der Waals surface area contributed by atoms with Crippen LogP contribution in [0.2, 0.25) is 0 Å². The summed E-state index contributed by atoms with van der Waals surface area (Å²) in [5.41, 5.74) is 0.588. The zero-order chi connectivity index (χ0) is 17.2. The third-order valence-corrected chi connectivity index (χ3v) is 3.82.